The molecule has 0 bridgehead atoms. The van der Waals surface area contributed by atoms with Crippen LogP contribution in [0.5, 0.6) is 0 Å². The van der Waals surface area contributed by atoms with Crippen molar-refractivity contribution in [3.05, 3.63) is 35.4 Å². The second kappa shape index (κ2) is 10.3. The standard InChI is InChI=1S/C19H32N2O2/c1-5-6-11-21(12-13-22)19(23)20-16(4)18-9-7-17(8-10-18)14-15(2)3/h7-10,15-16,22H,5-6,11-14H2,1-4H3,(H,20,23). The smallest absolute Gasteiger partial charge is 0.317 e. The fourth-order valence-corrected chi connectivity index (χ4v) is 2.56. The highest BCUT2D eigenvalue weighted by Crippen LogP contribution is 2.16. The van der Waals surface area contributed by atoms with Crippen LogP contribution in [-0.2, 0) is 6.42 Å². The fraction of sp³-hybridized carbons (Fsp3) is 0.632. The summed E-state index contributed by atoms with van der Waals surface area (Å²) in [5, 5.41) is 12.1. The lowest BCUT2D eigenvalue weighted by Gasteiger charge is -2.24. The number of amides is 2. The number of rotatable bonds is 9. The predicted molar refractivity (Wildman–Crippen MR) is 95.5 cm³/mol. The summed E-state index contributed by atoms with van der Waals surface area (Å²) in [6, 6.07) is 8.31. The van der Waals surface area contributed by atoms with Gasteiger partial charge >= 0.3 is 6.03 Å². The van der Waals surface area contributed by atoms with Gasteiger partial charge in [0.05, 0.1) is 12.6 Å². The van der Waals surface area contributed by atoms with Crippen LogP contribution in [0.3, 0.4) is 0 Å². The Hall–Kier alpha value is -1.55. The topological polar surface area (TPSA) is 52.6 Å². The Morgan fingerprint density at radius 3 is 2.35 bits per heavy atom. The van der Waals surface area contributed by atoms with Crippen LogP contribution < -0.4 is 5.32 Å². The maximum atomic E-state index is 12.3. The van der Waals surface area contributed by atoms with E-state index >= 15 is 0 Å². The molecule has 2 amide bonds. The summed E-state index contributed by atoms with van der Waals surface area (Å²) in [4.78, 5) is 14.0. The third-order valence-electron chi connectivity index (χ3n) is 3.90. The van der Waals surface area contributed by atoms with Gasteiger partial charge in [-0.3, -0.25) is 0 Å². The van der Waals surface area contributed by atoms with Crippen molar-refractivity contribution in [3.63, 3.8) is 0 Å². The van der Waals surface area contributed by atoms with Crippen molar-refractivity contribution in [2.24, 2.45) is 5.92 Å². The average molecular weight is 320 g/mol. The highest BCUT2D eigenvalue weighted by molar-refractivity contribution is 5.74. The van der Waals surface area contributed by atoms with Gasteiger partial charge in [0.25, 0.3) is 0 Å². The van der Waals surface area contributed by atoms with Gasteiger partial charge in [-0.1, -0.05) is 51.5 Å². The zero-order valence-electron chi connectivity index (χ0n) is 15.0. The van der Waals surface area contributed by atoms with E-state index in [0.717, 1.165) is 24.8 Å². The number of carbonyl (C=O) groups excluding carboxylic acids is 1. The molecule has 1 aromatic carbocycles. The number of nitrogens with zero attached hydrogens (tertiary/aromatic N) is 1. The normalized spacial score (nSPS) is 12.3. The minimum absolute atomic E-state index is 0.00455. The van der Waals surface area contributed by atoms with Crippen molar-refractivity contribution in [1.82, 2.24) is 10.2 Å². The van der Waals surface area contributed by atoms with E-state index in [1.807, 2.05) is 6.92 Å². The fourth-order valence-electron chi connectivity index (χ4n) is 2.56. The number of aliphatic hydroxyl groups is 1. The number of carbonyl (C=O) groups is 1. The Kier molecular flexibility index (Phi) is 8.70. The van der Waals surface area contributed by atoms with Gasteiger partial charge < -0.3 is 15.3 Å². The van der Waals surface area contributed by atoms with Gasteiger partial charge in [0.1, 0.15) is 0 Å². The lowest BCUT2D eigenvalue weighted by molar-refractivity contribution is 0.173. The molecule has 0 radical (unpaired) electrons. The maximum Gasteiger partial charge on any atom is 0.317 e. The van der Waals surface area contributed by atoms with Gasteiger partial charge in [-0.25, -0.2) is 4.79 Å². The van der Waals surface area contributed by atoms with E-state index < -0.39 is 0 Å². The Balaban J connectivity index is 2.62. The molecular weight excluding hydrogens is 288 g/mol. The molecule has 0 saturated heterocycles. The number of nitrogens with one attached hydrogen (secondary N) is 1. The first-order valence-corrected chi connectivity index (χ1v) is 8.73. The highest BCUT2D eigenvalue weighted by atomic mass is 16.3. The largest absolute Gasteiger partial charge is 0.395 e. The van der Waals surface area contributed by atoms with Gasteiger partial charge in [0.15, 0.2) is 0 Å². The van der Waals surface area contributed by atoms with Crippen LogP contribution in [0.1, 0.15) is 57.7 Å². The predicted octanol–water partition coefficient (Wildman–Crippen LogP) is 3.75. The molecule has 4 nitrogen and oxygen atoms in total. The van der Waals surface area contributed by atoms with Crippen LogP contribution >= 0.6 is 0 Å². The van der Waals surface area contributed by atoms with Crippen LogP contribution in [0, 0.1) is 5.92 Å². The molecule has 2 N–H and O–H groups in total. The second-order valence-corrected chi connectivity index (χ2v) is 6.57. The number of unbranched alkanes of at least 4 members (excludes halogenated alkanes) is 1. The first kappa shape index (κ1) is 19.5. The molecule has 0 heterocycles. The quantitative estimate of drug-likeness (QED) is 0.728. The zero-order chi connectivity index (χ0) is 17.2. The van der Waals surface area contributed by atoms with Gasteiger partial charge in [-0.05, 0) is 36.8 Å². The third-order valence-corrected chi connectivity index (χ3v) is 3.90. The van der Waals surface area contributed by atoms with E-state index in [4.69, 9.17) is 5.11 Å². The van der Waals surface area contributed by atoms with Crippen molar-refractivity contribution >= 4 is 6.03 Å². The molecule has 4 heteroatoms. The minimum Gasteiger partial charge on any atom is -0.395 e. The van der Waals surface area contributed by atoms with E-state index in [0.29, 0.717) is 19.0 Å². The SMILES string of the molecule is CCCCN(CCO)C(=O)NC(C)c1ccc(CC(C)C)cc1. The number of aliphatic hydroxyl groups excluding tert-OH is 1. The first-order valence-electron chi connectivity index (χ1n) is 8.73. The van der Waals surface area contributed by atoms with Crippen LogP contribution in [0.25, 0.3) is 0 Å². The van der Waals surface area contributed by atoms with Crippen LogP contribution in [0.4, 0.5) is 4.79 Å². The number of urea groups is 1. The summed E-state index contributed by atoms with van der Waals surface area (Å²) in [5.41, 5.74) is 2.43. The first-order chi connectivity index (χ1) is 11.0. The molecular formula is C19H32N2O2. The summed E-state index contributed by atoms with van der Waals surface area (Å²) in [5.74, 6) is 0.642. The Labute approximate surface area is 140 Å². The Morgan fingerprint density at radius 2 is 1.83 bits per heavy atom. The van der Waals surface area contributed by atoms with E-state index in [2.05, 4.69) is 50.4 Å². The molecule has 1 rings (SSSR count). The molecule has 0 aliphatic heterocycles. The van der Waals surface area contributed by atoms with E-state index in [-0.39, 0.29) is 18.7 Å². The highest BCUT2D eigenvalue weighted by Gasteiger charge is 2.15. The number of hydrogen-bond donors (Lipinski definition) is 2. The molecule has 0 saturated carbocycles. The molecule has 0 fully saturated rings. The molecule has 0 aliphatic rings. The summed E-state index contributed by atoms with van der Waals surface area (Å²) in [6.45, 7) is 9.57. The number of benzene rings is 1. The lowest BCUT2D eigenvalue weighted by Crippen LogP contribution is -2.42. The van der Waals surface area contributed by atoms with E-state index in [1.54, 1.807) is 4.90 Å². The molecule has 130 valence electrons. The molecule has 23 heavy (non-hydrogen) atoms. The molecule has 0 aliphatic carbocycles. The summed E-state index contributed by atoms with van der Waals surface area (Å²) in [6.07, 6.45) is 3.05. The van der Waals surface area contributed by atoms with Crippen molar-refractivity contribution in [1.29, 1.82) is 0 Å². The van der Waals surface area contributed by atoms with Gasteiger partial charge in [0.2, 0.25) is 0 Å². The third kappa shape index (κ3) is 7.04. The summed E-state index contributed by atoms with van der Waals surface area (Å²) >= 11 is 0. The molecule has 0 aromatic heterocycles. The van der Waals surface area contributed by atoms with Crippen molar-refractivity contribution in [2.45, 2.75) is 53.0 Å². The van der Waals surface area contributed by atoms with E-state index in [9.17, 15) is 4.79 Å². The van der Waals surface area contributed by atoms with Crippen LogP contribution in [0.15, 0.2) is 24.3 Å². The Bertz CT molecular complexity index is 457. The minimum atomic E-state index is -0.105. The lowest BCUT2D eigenvalue weighted by atomic mass is 10.00. The van der Waals surface area contributed by atoms with Gasteiger partial charge in [-0.2, -0.15) is 0 Å². The molecule has 1 aromatic rings. The zero-order valence-corrected chi connectivity index (χ0v) is 15.0. The average Bonchev–Trinajstić information content (AvgIpc) is 2.51. The molecule has 1 atom stereocenters. The van der Waals surface area contributed by atoms with Crippen molar-refractivity contribution in [2.75, 3.05) is 19.7 Å². The van der Waals surface area contributed by atoms with Gasteiger partial charge in [0, 0.05) is 13.1 Å². The van der Waals surface area contributed by atoms with E-state index in [1.165, 1.54) is 5.56 Å². The summed E-state index contributed by atoms with van der Waals surface area (Å²) < 4.78 is 0. The molecule has 0 spiro atoms. The van der Waals surface area contributed by atoms with Crippen LogP contribution in [0.2, 0.25) is 0 Å². The molecule has 1 unspecified atom stereocenters. The summed E-state index contributed by atoms with van der Waals surface area (Å²) in [7, 11) is 0. The van der Waals surface area contributed by atoms with Gasteiger partial charge in [-0.15, -0.1) is 0 Å². The number of hydrogen-bond acceptors (Lipinski definition) is 2. The Morgan fingerprint density at radius 1 is 1.17 bits per heavy atom. The monoisotopic (exact) mass is 320 g/mol. The van der Waals surface area contributed by atoms with Crippen LogP contribution in [-0.4, -0.2) is 35.7 Å². The second-order valence-electron chi connectivity index (χ2n) is 6.57. The van der Waals surface area contributed by atoms with Crippen molar-refractivity contribution in [3.8, 4) is 0 Å². The van der Waals surface area contributed by atoms with Crippen molar-refractivity contribution < 1.29 is 9.90 Å². The maximum absolute atomic E-state index is 12.3.